The molecule has 1 amide bonds. The fraction of sp³-hybridized carbons (Fsp3) is 0.923. The van der Waals surface area contributed by atoms with Gasteiger partial charge < -0.3 is 19.8 Å². The molecule has 0 saturated carbocycles. The van der Waals surface area contributed by atoms with Crippen LogP contribution in [0.4, 0.5) is 0 Å². The molecule has 0 aliphatic rings. The Hall–Kier alpha value is -0.760. The molecular weight excluding hydrogens is 623 g/mol. The van der Waals surface area contributed by atoms with Crippen molar-refractivity contribution in [2.45, 2.75) is 193 Å². The normalized spacial score (nSPS) is 14.7. The van der Waals surface area contributed by atoms with Crippen LogP contribution in [0, 0.1) is 0 Å². The Labute approximate surface area is 297 Å². The third-order valence-electron chi connectivity index (χ3n) is 9.01. The van der Waals surface area contributed by atoms with Crippen LogP contribution in [0.25, 0.3) is 0 Å². The van der Waals surface area contributed by atoms with Crippen molar-refractivity contribution in [2.75, 3.05) is 40.9 Å². The minimum absolute atomic E-state index is 0.0748. The lowest BCUT2D eigenvalue weighted by molar-refractivity contribution is -0.870. The second-order valence-electron chi connectivity index (χ2n) is 15.0. The molecule has 0 rings (SSSR count). The van der Waals surface area contributed by atoms with E-state index in [4.69, 9.17) is 9.05 Å². The van der Waals surface area contributed by atoms with Crippen molar-refractivity contribution in [3.05, 3.63) is 12.2 Å². The molecule has 0 aromatic heterocycles. The first-order valence-electron chi connectivity index (χ1n) is 20.1. The monoisotopic (exact) mass is 704 g/mol. The second kappa shape index (κ2) is 32.2. The number of quaternary nitrogens is 1. The number of carbonyl (C=O) groups excluding carboxylic acids is 1. The zero-order chi connectivity index (χ0) is 35.8. The van der Waals surface area contributed by atoms with E-state index in [0.717, 1.165) is 51.4 Å². The highest BCUT2D eigenvalue weighted by molar-refractivity contribution is 7.47. The van der Waals surface area contributed by atoms with E-state index in [9.17, 15) is 19.4 Å². The number of phosphoric acid groups is 1. The number of nitrogens with zero attached hydrogens (tertiary/aromatic N) is 1. The first kappa shape index (κ1) is 47.2. The molecule has 0 radical (unpaired) electrons. The summed E-state index contributed by atoms with van der Waals surface area (Å²) in [6.45, 7) is 4.79. The van der Waals surface area contributed by atoms with Crippen molar-refractivity contribution in [3.8, 4) is 0 Å². The van der Waals surface area contributed by atoms with Crippen LogP contribution in [0.5, 0.6) is 0 Å². The SMILES string of the molecule is CCCCCCCCCC/C=C\CCCCCCCCCCCC(=O)NC(COP(=O)(O)OCC[N+](C)(C)C)C(O)CCCCCCC. The molecule has 0 aliphatic heterocycles. The van der Waals surface area contributed by atoms with E-state index in [0.29, 0.717) is 23.9 Å². The fourth-order valence-electron chi connectivity index (χ4n) is 5.74. The van der Waals surface area contributed by atoms with Gasteiger partial charge in [-0.05, 0) is 38.5 Å². The fourth-order valence-corrected chi connectivity index (χ4v) is 6.48. The predicted octanol–water partition coefficient (Wildman–Crippen LogP) is 10.4. The summed E-state index contributed by atoms with van der Waals surface area (Å²) in [5, 5.41) is 13.7. The maximum atomic E-state index is 12.7. The number of unbranched alkanes of at least 4 members (excludes halogenated alkanes) is 21. The van der Waals surface area contributed by atoms with Gasteiger partial charge in [-0.2, -0.15) is 0 Å². The quantitative estimate of drug-likeness (QED) is 0.0260. The summed E-state index contributed by atoms with van der Waals surface area (Å²) < 4.78 is 23.4. The highest BCUT2D eigenvalue weighted by Gasteiger charge is 2.28. The molecule has 3 N–H and O–H groups in total. The van der Waals surface area contributed by atoms with E-state index in [-0.39, 0.29) is 19.1 Å². The number of carbonyl (C=O) groups is 1. The highest BCUT2D eigenvalue weighted by atomic mass is 31.2. The third kappa shape index (κ3) is 33.7. The first-order chi connectivity index (χ1) is 23.0. The van der Waals surface area contributed by atoms with Gasteiger partial charge in [-0.3, -0.25) is 13.8 Å². The van der Waals surface area contributed by atoms with Gasteiger partial charge in [-0.15, -0.1) is 0 Å². The Morgan fingerprint density at radius 2 is 1.12 bits per heavy atom. The van der Waals surface area contributed by atoms with Crippen LogP contribution in [0.2, 0.25) is 0 Å². The molecule has 48 heavy (non-hydrogen) atoms. The summed E-state index contributed by atoms with van der Waals surface area (Å²) >= 11 is 0. The summed E-state index contributed by atoms with van der Waals surface area (Å²) in [4.78, 5) is 22.9. The van der Waals surface area contributed by atoms with Gasteiger partial charge in [0.25, 0.3) is 0 Å². The zero-order valence-electron chi connectivity index (χ0n) is 32.2. The van der Waals surface area contributed by atoms with Crippen LogP contribution in [0.3, 0.4) is 0 Å². The van der Waals surface area contributed by atoms with Crippen LogP contribution in [0.15, 0.2) is 12.2 Å². The Balaban J connectivity index is 4.09. The van der Waals surface area contributed by atoms with Gasteiger partial charge in [-0.1, -0.05) is 148 Å². The summed E-state index contributed by atoms with van der Waals surface area (Å²) in [5.41, 5.74) is 0. The van der Waals surface area contributed by atoms with Crippen LogP contribution >= 0.6 is 7.82 Å². The average molecular weight is 704 g/mol. The van der Waals surface area contributed by atoms with Gasteiger partial charge >= 0.3 is 7.82 Å². The molecule has 0 bridgehead atoms. The van der Waals surface area contributed by atoms with Crippen molar-refractivity contribution in [1.29, 1.82) is 0 Å². The number of hydrogen-bond donors (Lipinski definition) is 3. The van der Waals surface area contributed by atoms with Gasteiger partial charge in [0, 0.05) is 6.42 Å². The largest absolute Gasteiger partial charge is 0.472 e. The number of aliphatic hydroxyl groups is 1. The molecule has 0 heterocycles. The molecule has 0 saturated heterocycles. The van der Waals surface area contributed by atoms with Gasteiger partial charge in [0.05, 0.1) is 39.9 Å². The van der Waals surface area contributed by atoms with E-state index in [2.05, 4.69) is 31.3 Å². The Bertz CT molecular complexity index is 804. The zero-order valence-corrected chi connectivity index (χ0v) is 33.1. The van der Waals surface area contributed by atoms with Crippen molar-refractivity contribution >= 4 is 13.7 Å². The lowest BCUT2D eigenvalue weighted by atomic mass is 10.0. The molecule has 3 atom stereocenters. The summed E-state index contributed by atoms with van der Waals surface area (Å²) in [5.74, 6) is -0.154. The summed E-state index contributed by atoms with van der Waals surface area (Å²) in [7, 11) is 1.61. The molecule has 0 fully saturated rings. The molecule has 3 unspecified atom stereocenters. The molecule has 0 aromatic rings. The second-order valence-corrected chi connectivity index (χ2v) is 16.5. The topological polar surface area (TPSA) is 105 Å². The number of allylic oxidation sites excluding steroid dienone is 2. The number of phosphoric ester groups is 1. The Morgan fingerprint density at radius 3 is 1.60 bits per heavy atom. The highest BCUT2D eigenvalue weighted by Crippen LogP contribution is 2.43. The number of amides is 1. The number of aliphatic hydroxyl groups excluding tert-OH is 1. The summed E-state index contributed by atoms with van der Waals surface area (Å²) in [6, 6.07) is -0.753. The molecule has 9 heteroatoms. The average Bonchev–Trinajstić information content (AvgIpc) is 3.02. The van der Waals surface area contributed by atoms with Gasteiger partial charge in [0.1, 0.15) is 13.2 Å². The summed E-state index contributed by atoms with van der Waals surface area (Å²) in [6.07, 6.45) is 34.2. The van der Waals surface area contributed by atoms with Crippen LogP contribution in [-0.2, 0) is 18.4 Å². The number of nitrogens with one attached hydrogen (secondary N) is 1. The van der Waals surface area contributed by atoms with Crippen LogP contribution in [0.1, 0.15) is 181 Å². The molecule has 0 aromatic carbocycles. The maximum absolute atomic E-state index is 12.7. The van der Waals surface area contributed by atoms with Gasteiger partial charge in [-0.25, -0.2) is 4.57 Å². The van der Waals surface area contributed by atoms with Crippen molar-refractivity contribution in [1.82, 2.24) is 5.32 Å². The van der Waals surface area contributed by atoms with E-state index in [1.165, 1.54) is 103 Å². The van der Waals surface area contributed by atoms with Gasteiger partial charge in [0.2, 0.25) is 5.91 Å². The van der Waals surface area contributed by atoms with Crippen molar-refractivity contribution in [2.24, 2.45) is 0 Å². The lowest BCUT2D eigenvalue weighted by Crippen LogP contribution is -2.46. The number of likely N-dealkylation sites (N-methyl/N-ethyl adjacent to an activating group) is 1. The molecule has 0 spiro atoms. The molecule has 286 valence electrons. The van der Waals surface area contributed by atoms with E-state index in [1.807, 2.05) is 21.1 Å². The van der Waals surface area contributed by atoms with E-state index < -0.39 is 20.0 Å². The minimum Gasteiger partial charge on any atom is -0.391 e. The lowest BCUT2D eigenvalue weighted by Gasteiger charge is -2.26. The van der Waals surface area contributed by atoms with Gasteiger partial charge in [0.15, 0.2) is 0 Å². The predicted molar refractivity (Wildman–Crippen MR) is 203 cm³/mol. The minimum atomic E-state index is -4.29. The number of rotatable bonds is 36. The Morgan fingerprint density at radius 1 is 0.688 bits per heavy atom. The van der Waals surface area contributed by atoms with Crippen LogP contribution < -0.4 is 5.32 Å². The number of hydrogen-bond acceptors (Lipinski definition) is 5. The smallest absolute Gasteiger partial charge is 0.391 e. The molecular formula is C39H80N2O6P+. The van der Waals surface area contributed by atoms with E-state index >= 15 is 0 Å². The van der Waals surface area contributed by atoms with Crippen molar-refractivity contribution < 1.29 is 32.9 Å². The molecule has 8 nitrogen and oxygen atoms in total. The first-order valence-corrected chi connectivity index (χ1v) is 21.5. The van der Waals surface area contributed by atoms with E-state index in [1.54, 1.807) is 0 Å². The maximum Gasteiger partial charge on any atom is 0.472 e. The standard InChI is InChI=1S/C39H79N2O6P/c1-6-8-10-12-13-14-15-16-17-18-19-20-21-22-23-24-25-26-27-29-31-33-39(43)40-37(38(42)32-30-28-11-9-7-2)36-47-48(44,45)46-35-34-41(3,4)5/h18-19,37-38,42H,6-17,20-36H2,1-5H3,(H-,40,43,44,45)/p+1/b19-18-. The third-order valence-corrected chi connectivity index (χ3v) is 10.00. The molecule has 0 aliphatic carbocycles. The van der Waals surface area contributed by atoms with Crippen LogP contribution in [-0.4, -0.2) is 73.4 Å². The Kier molecular flexibility index (Phi) is 31.7. The van der Waals surface area contributed by atoms with Crippen molar-refractivity contribution in [3.63, 3.8) is 0 Å².